The zero-order valence-electron chi connectivity index (χ0n) is 14.6. The van der Waals surface area contributed by atoms with Gasteiger partial charge in [-0.25, -0.2) is 0 Å². The predicted octanol–water partition coefficient (Wildman–Crippen LogP) is 2.58. The van der Waals surface area contributed by atoms with Crippen LogP contribution in [0.4, 0.5) is 0 Å². The van der Waals surface area contributed by atoms with Gasteiger partial charge >= 0.3 is 0 Å². The molecule has 1 heterocycles. The highest BCUT2D eigenvalue weighted by Crippen LogP contribution is 2.30. The zero-order chi connectivity index (χ0) is 17.5. The minimum atomic E-state index is -1.05. The van der Waals surface area contributed by atoms with E-state index in [1.54, 1.807) is 19.9 Å². The first kappa shape index (κ1) is 16.6. The van der Waals surface area contributed by atoms with Crippen LogP contribution < -0.4 is 0 Å². The Morgan fingerprint density at radius 3 is 2.54 bits per heavy atom. The lowest BCUT2D eigenvalue weighted by atomic mass is 9.85. The second-order valence-electron chi connectivity index (χ2n) is 6.64. The molecular formula is C19H23N3O2. The first-order chi connectivity index (χ1) is 11.4. The summed E-state index contributed by atoms with van der Waals surface area (Å²) in [7, 11) is 0. The Hall–Kier alpha value is -2.27. The monoisotopic (exact) mass is 325 g/mol. The van der Waals surface area contributed by atoms with Gasteiger partial charge in [-0.15, -0.1) is 5.10 Å². The van der Waals surface area contributed by atoms with E-state index in [2.05, 4.69) is 29.0 Å². The Kier molecular flexibility index (Phi) is 4.13. The van der Waals surface area contributed by atoms with Crippen molar-refractivity contribution in [2.45, 2.75) is 39.7 Å². The summed E-state index contributed by atoms with van der Waals surface area (Å²) in [6, 6.07) is 5.70. The van der Waals surface area contributed by atoms with E-state index in [0.29, 0.717) is 17.7 Å². The fourth-order valence-corrected chi connectivity index (χ4v) is 3.20. The summed E-state index contributed by atoms with van der Waals surface area (Å²) in [5, 5.41) is 19.2. The third kappa shape index (κ3) is 2.69. The van der Waals surface area contributed by atoms with Crippen LogP contribution in [0, 0.1) is 0 Å². The molecule has 3 rings (SSSR count). The van der Waals surface area contributed by atoms with Crippen LogP contribution in [0.25, 0.3) is 0 Å². The van der Waals surface area contributed by atoms with E-state index in [1.807, 2.05) is 18.2 Å². The lowest BCUT2D eigenvalue weighted by Crippen LogP contribution is -2.33. The van der Waals surface area contributed by atoms with E-state index in [-0.39, 0.29) is 5.78 Å². The smallest absolute Gasteiger partial charge is 0.188 e. The molecule has 0 bridgehead atoms. The van der Waals surface area contributed by atoms with Crippen LogP contribution in [0.1, 0.15) is 49.2 Å². The first-order valence-electron chi connectivity index (χ1n) is 8.37. The van der Waals surface area contributed by atoms with Crippen molar-refractivity contribution in [2.24, 2.45) is 10.2 Å². The normalized spacial score (nSPS) is 16.7. The number of likely N-dealkylation sites (N-methyl/N-ethyl adjacent to an activating group) is 1. The molecule has 1 aromatic rings. The third-order valence-electron chi connectivity index (χ3n) is 4.60. The predicted molar refractivity (Wildman–Crippen MR) is 95.8 cm³/mol. The fraction of sp³-hybridized carbons (Fsp3) is 0.421. The summed E-state index contributed by atoms with van der Waals surface area (Å²) in [5.41, 5.74) is 3.58. The summed E-state index contributed by atoms with van der Waals surface area (Å²) in [5.74, 6) is -0.000548. The maximum atomic E-state index is 12.6. The number of carbonyl (C=O) groups is 1. The number of hydrogen-bond acceptors (Lipinski definition) is 5. The highest BCUT2D eigenvalue weighted by atomic mass is 16.3. The average Bonchev–Trinajstić information content (AvgIpc) is 2.73. The molecule has 0 atom stereocenters. The lowest BCUT2D eigenvalue weighted by Gasteiger charge is -2.29. The van der Waals surface area contributed by atoms with E-state index in [0.717, 1.165) is 35.6 Å². The van der Waals surface area contributed by atoms with E-state index in [1.165, 1.54) is 0 Å². The molecule has 126 valence electrons. The number of aliphatic hydroxyl groups is 1. The molecule has 1 aliphatic carbocycles. The van der Waals surface area contributed by atoms with E-state index in [9.17, 15) is 9.90 Å². The highest BCUT2D eigenvalue weighted by molar-refractivity contribution is 6.27. The van der Waals surface area contributed by atoms with Crippen LogP contribution in [0.15, 0.2) is 40.2 Å². The molecule has 2 aliphatic rings. The molecule has 24 heavy (non-hydrogen) atoms. The molecule has 0 saturated carbocycles. The van der Waals surface area contributed by atoms with Gasteiger partial charge in [0.15, 0.2) is 5.78 Å². The second-order valence-corrected chi connectivity index (χ2v) is 6.64. The Bertz CT molecular complexity index is 778. The molecule has 0 aromatic heterocycles. The number of carbonyl (C=O) groups excluding carboxylic acids is 1. The molecule has 0 fully saturated rings. The van der Waals surface area contributed by atoms with Crippen molar-refractivity contribution in [3.05, 3.63) is 46.7 Å². The summed E-state index contributed by atoms with van der Waals surface area (Å²) >= 11 is 0. The Balaban J connectivity index is 2.24. The Morgan fingerprint density at radius 2 is 1.92 bits per heavy atom. The largest absolute Gasteiger partial charge is 0.384 e. The molecular weight excluding hydrogens is 302 g/mol. The van der Waals surface area contributed by atoms with Gasteiger partial charge in [0, 0.05) is 36.7 Å². The van der Waals surface area contributed by atoms with Gasteiger partial charge in [0.25, 0.3) is 0 Å². The van der Waals surface area contributed by atoms with Crippen LogP contribution in [-0.2, 0) is 6.42 Å². The van der Waals surface area contributed by atoms with E-state index < -0.39 is 5.60 Å². The van der Waals surface area contributed by atoms with Crippen LogP contribution in [-0.4, -0.2) is 45.9 Å². The number of benzene rings is 1. The van der Waals surface area contributed by atoms with Gasteiger partial charge in [-0.1, -0.05) is 18.2 Å². The molecule has 0 saturated heterocycles. The lowest BCUT2D eigenvalue weighted by molar-refractivity contribution is 0.104. The van der Waals surface area contributed by atoms with Crippen molar-refractivity contribution < 1.29 is 9.90 Å². The van der Waals surface area contributed by atoms with Gasteiger partial charge in [-0.2, -0.15) is 5.10 Å². The van der Waals surface area contributed by atoms with Crippen LogP contribution >= 0.6 is 0 Å². The number of hydrogen-bond donors (Lipinski definition) is 1. The van der Waals surface area contributed by atoms with Gasteiger partial charge in [-0.05, 0) is 33.3 Å². The molecule has 1 aromatic carbocycles. The van der Waals surface area contributed by atoms with Gasteiger partial charge in [0.2, 0.25) is 0 Å². The molecule has 0 amide bonds. The standard InChI is InChI=1S/C19H23N3O2/c1-5-22(6-2)14-11-15(23)13-9-7-8-12-10-16(19(3,4)24)20-21-18(14)17(12)13/h7-9,11,24H,5-6,10H2,1-4H3. The van der Waals surface area contributed by atoms with Crippen LogP contribution in [0.3, 0.4) is 0 Å². The second kappa shape index (κ2) is 5.98. The molecule has 5 heteroatoms. The Morgan fingerprint density at radius 1 is 1.21 bits per heavy atom. The minimum Gasteiger partial charge on any atom is -0.384 e. The van der Waals surface area contributed by atoms with Crippen molar-refractivity contribution in [3.8, 4) is 0 Å². The van der Waals surface area contributed by atoms with Crippen LogP contribution in [0.2, 0.25) is 0 Å². The maximum absolute atomic E-state index is 12.6. The molecule has 1 aliphatic heterocycles. The van der Waals surface area contributed by atoms with Gasteiger partial charge in [-0.3, -0.25) is 4.79 Å². The topological polar surface area (TPSA) is 65.3 Å². The van der Waals surface area contributed by atoms with Crippen molar-refractivity contribution in [3.63, 3.8) is 0 Å². The average molecular weight is 325 g/mol. The summed E-state index contributed by atoms with van der Waals surface area (Å²) < 4.78 is 0. The minimum absolute atomic E-state index is 0.000548. The molecule has 0 unspecified atom stereocenters. The SMILES string of the molecule is CCN(CC)C1=CC(=O)c2cccc3c2C1=NN=C(C(C)(C)O)C3. The highest BCUT2D eigenvalue weighted by Gasteiger charge is 2.32. The molecule has 0 spiro atoms. The molecule has 0 radical (unpaired) electrons. The summed E-state index contributed by atoms with van der Waals surface area (Å²) in [4.78, 5) is 14.7. The fourth-order valence-electron chi connectivity index (χ4n) is 3.20. The van der Waals surface area contributed by atoms with Gasteiger partial charge in [0.1, 0.15) is 5.71 Å². The number of allylic oxidation sites excluding steroid dienone is 2. The van der Waals surface area contributed by atoms with Crippen molar-refractivity contribution in [1.82, 2.24) is 4.90 Å². The van der Waals surface area contributed by atoms with Crippen molar-refractivity contribution >= 4 is 17.2 Å². The zero-order valence-corrected chi connectivity index (χ0v) is 14.6. The van der Waals surface area contributed by atoms with Crippen molar-refractivity contribution in [1.29, 1.82) is 0 Å². The number of ketones is 1. The quantitative estimate of drug-likeness (QED) is 0.925. The Labute approximate surface area is 142 Å². The number of rotatable bonds is 4. The van der Waals surface area contributed by atoms with Crippen LogP contribution in [0.5, 0.6) is 0 Å². The van der Waals surface area contributed by atoms with E-state index >= 15 is 0 Å². The molecule has 1 N–H and O–H groups in total. The van der Waals surface area contributed by atoms with Gasteiger partial charge < -0.3 is 10.0 Å². The molecule has 5 nitrogen and oxygen atoms in total. The number of nitrogens with zero attached hydrogens (tertiary/aromatic N) is 3. The first-order valence-corrected chi connectivity index (χ1v) is 8.37. The third-order valence-corrected chi connectivity index (χ3v) is 4.60. The van der Waals surface area contributed by atoms with E-state index in [4.69, 9.17) is 0 Å². The van der Waals surface area contributed by atoms with Crippen molar-refractivity contribution in [2.75, 3.05) is 13.1 Å². The summed E-state index contributed by atoms with van der Waals surface area (Å²) in [6.45, 7) is 9.10. The summed E-state index contributed by atoms with van der Waals surface area (Å²) in [6.07, 6.45) is 2.14. The van der Waals surface area contributed by atoms with Gasteiger partial charge in [0.05, 0.1) is 17.0 Å². The maximum Gasteiger partial charge on any atom is 0.188 e.